The molecule has 5 atom stereocenters. The van der Waals surface area contributed by atoms with E-state index in [2.05, 4.69) is 99.6 Å². The molecule has 0 radical (unpaired) electrons. The van der Waals surface area contributed by atoms with Crippen LogP contribution in [0.3, 0.4) is 0 Å². The van der Waals surface area contributed by atoms with Crippen LogP contribution in [-0.4, -0.2) is 56.0 Å². The average Bonchev–Trinajstić information content (AvgIpc) is 3.45. The summed E-state index contributed by atoms with van der Waals surface area (Å²) in [5.74, 6) is -0.844. The van der Waals surface area contributed by atoms with Crippen molar-refractivity contribution in [3.63, 3.8) is 0 Å². The van der Waals surface area contributed by atoms with Crippen molar-refractivity contribution in [3.05, 3.63) is 109 Å². The second-order valence-electron chi connectivity index (χ2n) is 13.6. The highest BCUT2D eigenvalue weighted by molar-refractivity contribution is 6.99. The number of hydrogen-bond donors (Lipinski definition) is 1. The molecule has 44 heavy (non-hydrogen) atoms. The molecule has 0 aromatic heterocycles. The van der Waals surface area contributed by atoms with E-state index in [4.69, 9.17) is 23.4 Å². The number of benzene rings is 4. The lowest BCUT2D eigenvalue weighted by atomic mass is 9.90. The van der Waals surface area contributed by atoms with Gasteiger partial charge in [-0.2, -0.15) is 0 Å². The number of aliphatic hydroxyl groups excluding tert-OH is 1. The van der Waals surface area contributed by atoms with Gasteiger partial charge in [-0.1, -0.05) is 118 Å². The van der Waals surface area contributed by atoms with Crippen LogP contribution in [0.5, 0.6) is 0 Å². The van der Waals surface area contributed by atoms with E-state index in [0.29, 0.717) is 6.61 Å². The van der Waals surface area contributed by atoms with E-state index in [-0.39, 0.29) is 11.6 Å². The van der Waals surface area contributed by atoms with Crippen LogP contribution < -0.4 is 10.4 Å². The number of rotatable bonds is 9. The largest absolute Gasteiger partial charge is 0.404 e. The van der Waals surface area contributed by atoms with Gasteiger partial charge in [0.05, 0.1) is 19.3 Å². The first kappa shape index (κ1) is 31.1. The van der Waals surface area contributed by atoms with Crippen LogP contribution in [-0.2, 0) is 30.0 Å². The molecule has 6 rings (SSSR count). The van der Waals surface area contributed by atoms with Gasteiger partial charge in [-0.3, -0.25) is 0 Å². The predicted molar refractivity (Wildman–Crippen MR) is 175 cm³/mol. The van der Waals surface area contributed by atoms with Crippen molar-refractivity contribution < 1.29 is 28.5 Å². The third kappa shape index (κ3) is 5.56. The second-order valence-corrected chi connectivity index (χ2v) is 17.9. The van der Waals surface area contributed by atoms with Crippen LogP contribution in [0.15, 0.2) is 103 Å². The minimum Gasteiger partial charge on any atom is -0.404 e. The van der Waals surface area contributed by atoms with Crippen molar-refractivity contribution in [2.75, 3.05) is 6.61 Å². The van der Waals surface area contributed by atoms with Gasteiger partial charge in [0.2, 0.25) is 0 Å². The van der Waals surface area contributed by atoms with E-state index in [1.165, 1.54) is 5.39 Å². The van der Waals surface area contributed by atoms with Gasteiger partial charge in [0, 0.05) is 0 Å². The second kappa shape index (κ2) is 11.8. The molecule has 1 N–H and O–H groups in total. The fourth-order valence-electron chi connectivity index (χ4n) is 6.92. The predicted octanol–water partition coefficient (Wildman–Crippen LogP) is 5.93. The van der Waals surface area contributed by atoms with Gasteiger partial charge in [-0.05, 0) is 58.6 Å². The number of hydrogen-bond acceptors (Lipinski definition) is 6. The van der Waals surface area contributed by atoms with E-state index >= 15 is 0 Å². The number of aliphatic hydroxyl groups is 1. The summed E-state index contributed by atoms with van der Waals surface area (Å²) in [6.45, 7) is 12.6. The molecule has 2 saturated heterocycles. The maximum absolute atomic E-state index is 11.6. The maximum Gasteiger partial charge on any atom is 0.261 e. The molecule has 6 nitrogen and oxygen atoms in total. The lowest BCUT2D eigenvalue weighted by Crippen LogP contribution is -2.69. The molecule has 2 aliphatic heterocycles. The molecule has 2 fully saturated rings. The number of fused-ring (bicyclic) bond motifs is 2. The third-order valence-corrected chi connectivity index (χ3v) is 14.1. The molecule has 0 spiro atoms. The molecule has 4 aromatic rings. The zero-order valence-electron chi connectivity index (χ0n) is 26.5. The van der Waals surface area contributed by atoms with Gasteiger partial charge < -0.3 is 28.5 Å². The van der Waals surface area contributed by atoms with E-state index in [1.807, 2.05) is 38.1 Å². The summed E-state index contributed by atoms with van der Waals surface area (Å²) < 4.78 is 33.4. The summed E-state index contributed by atoms with van der Waals surface area (Å²) in [6, 6.07) is 35.6. The zero-order valence-corrected chi connectivity index (χ0v) is 27.5. The maximum atomic E-state index is 11.6. The Kier molecular flexibility index (Phi) is 8.35. The van der Waals surface area contributed by atoms with E-state index < -0.39 is 44.3 Å². The minimum atomic E-state index is -2.95. The standard InChI is InChI=1S/C37H44O6Si/c1-26(38)37(25-40-44(35(2,3)4,30-17-9-7-10-18-30)31-19-11-8-12-20-31)33(32-34(43-37)42-36(5,6)41-32)39-24-27-21-22-28-15-13-14-16-29(28)23-27/h7-23,26,32-34,38H,24-25H2,1-6H3/t26-,32+,33-,34-,37-/m0/s1. The van der Waals surface area contributed by atoms with Crippen molar-refractivity contribution in [2.45, 2.75) is 89.2 Å². The Hall–Kier alpha value is -2.88. The molecule has 0 saturated carbocycles. The van der Waals surface area contributed by atoms with Crippen molar-refractivity contribution >= 4 is 29.5 Å². The van der Waals surface area contributed by atoms with E-state index in [1.54, 1.807) is 6.92 Å². The first-order valence-electron chi connectivity index (χ1n) is 15.5. The van der Waals surface area contributed by atoms with Crippen molar-refractivity contribution in [1.29, 1.82) is 0 Å². The third-order valence-electron chi connectivity index (χ3n) is 9.09. The summed E-state index contributed by atoms with van der Waals surface area (Å²) >= 11 is 0. The summed E-state index contributed by atoms with van der Waals surface area (Å²) in [6.07, 6.45) is -2.84. The number of ether oxygens (including phenoxy) is 4. The van der Waals surface area contributed by atoms with Crippen LogP contribution in [0.1, 0.15) is 47.1 Å². The first-order chi connectivity index (χ1) is 21.0. The highest BCUT2D eigenvalue weighted by atomic mass is 28.4. The molecular weight excluding hydrogens is 568 g/mol. The molecule has 0 amide bonds. The molecule has 4 aromatic carbocycles. The van der Waals surface area contributed by atoms with E-state index in [0.717, 1.165) is 21.3 Å². The molecule has 7 heteroatoms. The normalized spacial score (nSPS) is 25.7. The Morgan fingerprint density at radius 2 is 1.39 bits per heavy atom. The van der Waals surface area contributed by atoms with Crippen molar-refractivity contribution in [3.8, 4) is 0 Å². The molecule has 2 aliphatic rings. The molecule has 0 unspecified atom stereocenters. The monoisotopic (exact) mass is 612 g/mol. The lowest BCUT2D eigenvalue weighted by Gasteiger charge is -2.46. The fraction of sp³-hybridized carbons (Fsp3) is 0.405. The Morgan fingerprint density at radius 1 is 0.795 bits per heavy atom. The van der Waals surface area contributed by atoms with Crippen LogP contribution in [0.4, 0.5) is 0 Å². The van der Waals surface area contributed by atoms with Gasteiger partial charge in [0.1, 0.15) is 17.8 Å². The van der Waals surface area contributed by atoms with Crippen LogP contribution in [0, 0.1) is 0 Å². The van der Waals surface area contributed by atoms with Gasteiger partial charge in [0.25, 0.3) is 8.32 Å². The van der Waals surface area contributed by atoms with Crippen molar-refractivity contribution in [1.82, 2.24) is 0 Å². The van der Waals surface area contributed by atoms with Crippen LogP contribution >= 0.6 is 0 Å². The highest BCUT2D eigenvalue weighted by Crippen LogP contribution is 2.47. The van der Waals surface area contributed by atoms with Gasteiger partial charge >= 0.3 is 0 Å². The molecule has 232 valence electrons. The SMILES string of the molecule is C[C@H](O)[C@]1(CO[Si](c2ccccc2)(c2ccccc2)C(C)(C)C)O[C@@H]2OC(C)(C)O[C@@H]2[C@@H]1OCc1ccc2ccccc2c1. The van der Waals surface area contributed by atoms with E-state index in [9.17, 15) is 5.11 Å². The van der Waals surface area contributed by atoms with Crippen LogP contribution in [0.25, 0.3) is 10.8 Å². The molecule has 0 aliphatic carbocycles. The Morgan fingerprint density at radius 3 is 1.98 bits per heavy atom. The quantitative estimate of drug-likeness (QED) is 0.237. The summed E-state index contributed by atoms with van der Waals surface area (Å²) in [7, 11) is -2.95. The van der Waals surface area contributed by atoms with Gasteiger partial charge in [-0.15, -0.1) is 0 Å². The molecular formula is C37H44O6Si. The Balaban J connectivity index is 1.38. The zero-order chi connectivity index (χ0) is 31.2. The smallest absolute Gasteiger partial charge is 0.261 e. The van der Waals surface area contributed by atoms with Gasteiger partial charge in [-0.25, -0.2) is 0 Å². The fourth-order valence-corrected chi connectivity index (χ4v) is 11.5. The summed E-state index contributed by atoms with van der Waals surface area (Å²) in [5, 5.41) is 15.9. The molecule has 2 heterocycles. The summed E-state index contributed by atoms with van der Waals surface area (Å²) in [4.78, 5) is 0. The van der Waals surface area contributed by atoms with Gasteiger partial charge in [0.15, 0.2) is 12.1 Å². The Labute approximate surface area is 262 Å². The highest BCUT2D eigenvalue weighted by Gasteiger charge is 2.65. The first-order valence-corrected chi connectivity index (χ1v) is 17.4. The summed E-state index contributed by atoms with van der Waals surface area (Å²) in [5.41, 5.74) is -0.215. The minimum absolute atomic E-state index is 0.0977. The average molecular weight is 613 g/mol. The van der Waals surface area contributed by atoms with Crippen LogP contribution in [0.2, 0.25) is 5.04 Å². The molecule has 0 bridgehead atoms. The topological polar surface area (TPSA) is 66.4 Å². The van der Waals surface area contributed by atoms with Crippen molar-refractivity contribution in [2.24, 2.45) is 0 Å². The Bertz CT molecular complexity index is 1530. The lowest BCUT2D eigenvalue weighted by molar-refractivity contribution is -0.268.